The average Bonchev–Trinajstić information content (AvgIpc) is 2.14. The zero-order valence-electron chi connectivity index (χ0n) is 7.75. The number of hydrogen-bond donors (Lipinski definition) is 0. The molecule has 0 aromatic heterocycles. The molecule has 0 bridgehead atoms. The molecule has 1 unspecified atom stereocenters. The van der Waals surface area contributed by atoms with Gasteiger partial charge in [-0.15, -0.1) is 0 Å². The predicted molar refractivity (Wildman–Crippen MR) is 55.5 cm³/mol. The fourth-order valence-corrected chi connectivity index (χ4v) is 1.95. The van der Waals surface area contributed by atoms with Gasteiger partial charge in [0.05, 0.1) is 0 Å². The lowest BCUT2D eigenvalue weighted by Gasteiger charge is -2.22. The van der Waals surface area contributed by atoms with Crippen molar-refractivity contribution in [3.8, 4) is 0 Å². The first-order valence-electron chi connectivity index (χ1n) is 4.33. The maximum atomic E-state index is 12.7. The summed E-state index contributed by atoms with van der Waals surface area (Å²) in [5.41, 5.74) is 0.270. The molecule has 0 aliphatic carbocycles. The number of rotatable bonds is 0. The van der Waals surface area contributed by atoms with Gasteiger partial charge in [0.2, 0.25) is 0 Å². The van der Waals surface area contributed by atoms with Crippen molar-refractivity contribution in [2.45, 2.75) is 12.1 Å². The van der Waals surface area contributed by atoms with Gasteiger partial charge in [0, 0.05) is 10.7 Å². The number of hydrogen-bond acceptors (Lipinski definition) is 1. The Bertz CT molecular complexity index is 481. The summed E-state index contributed by atoms with van der Waals surface area (Å²) in [4.78, 5) is 14.4. The van der Waals surface area contributed by atoms with Crippen LogP contribution in [-0.2, 0) is 4.79 Å². The second-order valence-corrected chi connectivity index (χ2v) is 4.26. The molecule has 0 radical (unpaired) electrons. The summed E-state index contributed by atoms with van der Waals surface area (Å²) in [7, 11) is 0. The quantitative estimate of drug-likeness (QED) is 0.722. The Hall–Kier alpha value is -1.17. The molecule has 1 aromatic rings. The second kappa shape index (κ2) is 3.69. The third-order valence-corrected chi connectivity index (χ3v) is 2.76. The van der Waals surface area contributed by atoms with E-state index in [2.05, 4.69) is 20.9 Å². The zero-order chi connectivity index (χ0) is 11.9. The molecule has 0 N–H and O–H groups in total. The topological polar surface area (TPSA) is 29.4 Å². The first kappa shape index (κ1) is 11.3. The fourth-order valence-electron chi connectivity index (χ4n) is 1.57. The Morgan fingerprint density at radius 2 is 2.00 bits per heavy atom. The predicted octanol–water partition coefficient (Wildman–Crippen LogP) is 3.05. The number of carbonyl (C=O) groups excluding carboxylic acids is 1. The molecule has 2 rings (SSSR count). The van der Waals surface area contributed by atoms with E-state index in [-0.39, 0.29) is 5.56 Å². The van der Waals surface area contributed by atoms with Crippen LogP contribution in [0.5, 0.6) is 0 Å². The fraction of sp³-hybridized carbons (Fsp3) is 0.200. The molecule has 0 saturated carbocycles. The van der Waals surface area contributed by atoms with Gasteiger partial charge < -0.3 is 0 Å². The second-order valence-electron chi connectivity index (χ2n) is 3.34. The van der Waals surface area contributed by atoms with Crippen LogP contribution in [0.1, 0.15) is 17.0 Å². The van der Waals surface area contributed by atoms with E-state index < -0.39 is 18.0 Å². The number of amides is 1. The van der Waals surface area contributed by atoms with Gasteiger partial charge in [0.25, 0.3) is 5.91 Å². The smallest absolute Gasteiger partial charge is 0.272 e. The van der Waals surface area contributed by atoms with Crippen molar-refractivity contribution in [3.63, 3.8) is 0 Å². The van der Waals surface area contributed by atoms with Crippen LogP contribution in [-0.4, -0.2) is 18.3 Å². The van der Waals surface area contributed by atoms with E-state index in [4.69, 9.17) is 0 Å². The summed E-state index contributed by atoms with van der Waals surface area (Å²) in [6.07, 6.45) is -3.45. The van der Waals surface area contributed by atoms with E-state index in [1.54, 1.807) is 6.07 Å². The number of carbonyl (C=O) groups is 1. The maximum absolute atomic E-state index is 12.7. The summed E-state index contributed by atoms with van der Waals surface area (Å²) in [5.74, 6) is -3.32. The SMILES string of the molecule is O=C1N=Cc2ccc(Br)cc2C1C(F)(F)F. The van der Waals surface area contributed by atoms with Gasteiger partial charge in [-0.3, -0.25) is 4.79 Å². The van der Waals surface area contributed by atoms with E-state index in [1.807, 2.05) is 0 Å². The van der Waals surface area contributed by atoms with Crippen molar-refractivity contribution in [3.05, 3.63) is 33.8 Å². The molecule has 1 atom stereocenters. The van der Waals surface area contributed by atoms with Crippen LogP contribution < -0.4 is 0 Å². The highest BCUT2D eigenvalue weighted by Gasteiger charge is 2.47. The standard InChI is InChI=1S/C10H5BrF3NO/c11-6-2-1-5-4-15-9(16)8(7(5)3-6)10(12,13)14/h1-4,8H. The number of benzene rings is 1. The molecule has 1 aromatic carbocycles. The van der Waals surface area contributed by atoms with Crippen LogP contribution in [0.2, 0.25) is 0 Å². The Morgan fingerprint density at radius 3 is 2.62 bits per heavy atom. The lowest BCUT2D eigenvalue weighted by atomic mass is 9.91. The van der Waals surface area contributed by atoms with Gasteiger partial charge in [-0.25, -0.2) is 4.99 Å². The van der Waals surface area contributed by atoms with Crippen molar-refractivity contribution in [1.82, 2.24) is 0 Å². The van der Waals surface area contributed by atoms with Crippen LogP contribution >= 0.6 is 15.9 Å². The van der Waals surface area contributed by atoms with Gasteiger partial charge in [-0.1, -0.05) is 22.0 Å². The molecule has 84 valence electrons. The van der Waals surface area contributed by atoms with E-state index in [0.717, 1.165) is 6.21 Å². The summed E-state index contributed by atoms with van der Waals surface area (Å²) in [6, 6.07) is 4.40. The third-order valence-electron chi connectivity index (χ3n) is 2.26. The molecule has 1 aliphatic rings. The highest BCUT2D eigenvalue weighted by molar-refractivity contribution is 9.10. The van der Waals surface area contributed by atoms with Crippen molar-refractivity contribution in [2.75, 3.05) is 0 Å². The van der Waals surface area contributed by atoms with Gasteiger partial charge in [0.1, 0.15) is 0 Å². The Kier molecular flexibility index (Phi) is 2.61. The Morgan fingerprint density at radius 1 is 1.31 bits per heavy atom. The highest BCUT2D eigenvalue weighted by Crippen LogP contribution is 2.39. The van der Waals surface area contributed by atoms with Crippen LogP contribution in [0.4, 0.5) is 13.2 Å². The van der Waals surface area contributed by atoms with Crippen molar-refractivity contribution >= 4 is 28.1 Å². The Balaban J connectivity index is 2.61. The summed E-state index contributed by atoms with van der Waals surface area (Å²) in [6.45, 7) is 0. The number of nitrogens with zero attached hydrogens (tertiary/aromatic N) is 1. The van der Waals surface area contributed by atoms with Crippen molar-refractivity contribution < 1.29 is 18.0 Å². The van der Waals surface area contributed by atoms with Gasteiger partial charge in [0.15, 0.2) is 5.92 Å². The van der Waals surface area contributed by atoms with E-state index in [0.29, 0.717) is 10.0 Å². The minimum absolute atomic E-state index is 0.0538. The number of alkyl halides is 3. The van der Waals surface area contributed by atoms with E-state index in [9.17, 15) is 18.0 Å². The first-order valence-corrected chi connectivity index (χ1v) is 5.13. The average molecular weight is 292 g/mol. The minimum atomic E-state index is -4.61. The molecule has 0 spiro atoms. The lowest BCUT2D eigenvalue weighted by molar-refractivity contribution is -0.162. The zero-order valence-corrected chi connectivity index (χ0v) is 9.34. The summed E-state index contributed by atoms with van der Waals surface area (Å²) >= 11 is 3.08. The first-order chi connectivity index (χ1) is 7.39. The molecule has 1 heterocycles. The highest BCUT2D eigenvalue weighted by atomic mass is 79.9. The number of fused-ring (bicyclic) bond motifs is 1. The van der Waals surface area contributed by atoms with Gasteiger partial charge >= 0.3 is 6.18 Å². The molecule has 16 heavy (non-hydrogen) atoms. The molecule has 6 heteroatoms. The monoisotopic (exact) mass is 291 g/mol. The summed E-state index contributed by atoms with van der Waals surface area (Å²) < 4.78 is 38.6. The van der Waals surface area contributed by atoms with E-state index in [1.165, 1.54) is 12.1 Å². The van der Waals surface area contributed by atoms with Crippen LogP contribution in [0.15, 0.2) is 27.7 Å². The molecule has 0 fully saturated rings. The van der Waals surface area contributed by atoms with Crippen molar-refractivity contribution in [1.29, 1.82) is 0 Å². The van der Waals surface area contributed by atoms with Gasteiger partial charge in [-0.2, -0.15) is 13.2 Å². The maximum Gasteiger partial charge on any atom is 0.404 e. The van der Waals surface area contributed by atoms with Gasteiger partial charge in [-0.05, 0) is 23.3 Å². The molecule has 0 saturated heterocycles. The van der Waals surface area contributed by atoms with Crippen LogP contribution in [0.3, 0.4) is 0 Å². The molecule has 1 amide bonds. The molecule has 2 nitrogen and oxygen atoms in total. The Labute approximate surface area is 97.3 Å². The minimum Gasteiger partial charge on any atom is -0.272 e. The normalized spacial score (nSPS) is 19.8. The summed E-state index contributed by atoms with van der Waals surface area (Å²) in [5, 5.41) is 0. The third kappa shape index (κ3) is 1.89. The van der Waals surface area contributed by atoms with E-state index >= 15 is 0 Å². The number of aliphatic imine (C=N–C) groups is 1. The van der Waals surface area contributed by atoms with Crippen LogP contribution in [0.25, 0.3) is 0 Å². The van der Waals surface area contributed by atoms with Crippen LogP contribution in [0, 0.1) is 0 Å². The molecule has 1 aliphatic heterocycles. The van der Waals surface area contributed by atoms with Crippen molar-refractivity contribution in [2.24, 2.45) is 4.99 Å². The lowest BCUT2D eigenvalue weighted by Crippen LogP contribution is -2.30. The number of halogens is 4. The molecular weight excluding hydrogens is 287 g/mol. The largest absolute Gasteiger partial charge is 0.404 e. The molecular formula is C10H5BrF3NO.